The summed E-state index contributed by atoms with van der Waals surface area (Å²) in [6.45, 7) is 3.30. The molecule has 0 saturated carbocycles. The van der Waals surface area contributed by atoms with Crippen LogP contribution < -0.4 is 4.90 Å². The van der Waals surface area contributed by atoms with Gasteiger partial charge in [0, 0.05) is 25.0 Å². The van der Waals surface area contributed by atoms with Crippen molar-refractivity contribution in [3.05, 3.63) is 57.1 Å². The Labute approximate surface area is 149 Å². The molecule has 7 heteroatoms. The summed E-state index contributed by atoms with van der Waals surface area (Å²) in [5, 5.41) is 0.117. The Hall–Kier alpha value is -1.85. The highest BCUT2D eigenvalue weighted by atomic mass is 35.5. The average molecular weight is 369 g/mol. The van der Waals surface area contributed by atoms with Gasteiger partial charge >= 0.3 is 5.97 Å². The van der Waals surface area contributed by atoms with Gasteiger partial charge in [0.15, 0.2) is 0 Å². The molecule has 0 N–H and O–H groups in total. The number of rotatable bonds is 3. The van der Waals surface area contributed by atoms with E-state index in [1.807, 2.05) is 4.90 Å². The largest absolute Gasteiger partial charge is 0.461 e. The Bertz CT molecular complexity index is 775. The number of nitrogens with zero attached hydrogens (tertiary/aromatic N) is 2. The van der Waals surface area contributed by atoms with E-state index in [2.05, 4.69) is 4.98 Å². The molecule has 0 amide bonds. The summed E-state index contributed by atoms with van der Waals surface area (Å²) in [6, 6.07) is 4.79. The summed E-state index contributed by atoms with van der Waals surface area (Å²) in [4.78, 5) is 17.9. The van der Waals surface area contributed by atoms with Gasteiger partial charge in [-0.05, 0) is 42.7 Å². The maximum absolute atomic E-state index is 13.8. The van der Waals surface area contributed by atoms with Gasteiger partial charge in [0.2, 0.25) is 0 Å². The van der Waals surface area contributed by atoms with Gasteiger partial charge in [-0.25, -0.2) is 14.2 Å². The van der Waals surface area contributed by atoms with Crippen LogP contribution in [0.15, 0.2) is 24.4 Å². The Morgan fingerprint density at radius 1 is 1.33 bits per heavy atom. The fourth-order valence-corrected chi connectivity index (χ4v) is 3.01. The van der Waals surface area contributed by atoms with Crippen molar-refractivity contribution in [1.29, 1.82) is 0 Å². The van der Waals surface area contributed by atoms with Crippen molar-refractivity contribution in [2.75, 3.05) is 18.1 Å². The second-order valence-electron chi connectivity index (χ2n) is 5.45. The monoisotopic (exact) mass is 368 g/mol. The molecular weight excluding hydrogens is 354 g/mol. The fraction of sp³-hybridized carbons (Fsp3) is 0.294. The van der Waals surface area contributed by atoms with E-state index in [-0.39, 0.29) is 10.0 Å². The van der Waals surface area contributed by atoms with Gasteiger partial charge < -0.3 is 9.64 Å². The molecule has 0 atom stereocenters. The van der Waals surface area contributed by atoms with Crippen molar-refractivity contribution in [2.24, 2.45) is 0 Å². The number of pyridine rings is 1. The Kier molecular flexibility index (Phi) is 4.92. The molecule has 4 nitrogen and oxygen atoms in total. The molecule has 126 valence electrons. The van der Waals surface area contributed by atoms with Gasteiger partial charge in [0.25, 0.3) is 0 Å². The van der Waals surface area contributed by atoms with Crippen LogP contribution in [0.25, 0.3) is 0 Å². The SMILES string of the molecule is CCOC(=O)c1cc2c(cn1)CN(c1cc(F)c(Cl)c(Cl)c1)CC2. The molecule has 0 radical (unpaired) electrons. The quantitative estimate of drug-likeness (QED) is 0.599. The number of hydrogen-bond acceptors (Lipinski definition) is 4. The maximum Gasteiger partial charge on any atom is 0.356 e. The highest BCUT2D eigenvalue weighted by molar-refractivity contribution is 6.42. The predicted octanol–water partition coefficient (Wildman–Crippen LogP) is 4.27. The number of halogens is 3. The minimum atomic E-state index is -0.541. The third kappa shape index (κ3) is 3.32. The number of hydrogen-bond donors (Lipinski definition) is 0. The summed E-state index contributed by atoms with van der Waals surface area (Å²) in [5.41, 5.74) is 3.01. The van der Waals surface area contributed by atoms with Crippen LogP contribution >= 0.6 is 23.2 Å². The van der Waals surface area contributed by atoms with Gasteiger partial charge in [0.05, 0.1) is 16.7 Å². The Balaban J connectivity index is 1.84. The lowest BCUT2D eigenvalue weighted by atomic mass is 10.0. The van der Waals surface area contributed by atoms with Gasteiger partial charge in [-0.1, -0.05) is 23.2 Å². The first-order valence-electron chi connectivity index (χ1n) is 7.54. The third-order valence-corrected chi connectivity index (χ3v) is 4.69. The molecular formula is C17H15Cl2FN2O2. The van der Waals surface area contributed by atoms with E-state index in [0.717, 1.165) is 11.1 Å². The van der Waals surface area contributed by atoms with E-state index in [1.165, 1.54) is 6.07 Å². The van der Waals surface area contributed by atoms with E-state index in [1.54, 1.807) is 25.3 Å². The summed E-state index contributed by atoms with van der Waals surface area (Å²) in [6.07, 6.45) is 2.38. The number of ether oxygens (including phenoxy) is 1. The first-order chi connectivity index (χ1) is 11.5. The highest BCUT2D eigenvalue weighted by Crippen LogP contribution is 2.32. The van der Waals surface area contributed by atoms with Crippen LogP contribution in [0.1, 0.15) is 28.5 Å². The van der Waals surface area contributed by atoms with E-state index in [9.17, 15) is 9.18 Å². The molecule has 0 aliphatic carbocycles. The predicted molar refractivity (Wildman–Crippen MR) is 91.4 cm³/mol. The number of carbonyl (C=O) groups excluding carboxylic acids is 1. The standard InChI is InChI=1S/C17H15Cl2FN2O2/c1-2-24-17(23)15-5-10-3-4-22(9-11(10)8-21-15)12-6-13(18)16(19)14(20)7-12/h5-8H,2-4,9H2,1H3. The van der Waals surface area contributed by atoms with Crippen molar-refractivity contribution in [3.8, 4) is 0 Å². The molecule has 1 aliphatic heterocycles. The van der Waals surface area contributed by atoms with E-state index in [0.29, 0.717) is 37.5 Å². The zero-order valence-electron chi connectivity index (χ0n) is 13.0. The van der Waals surface area contributed by atoms with Crippen LogP contribution in [0.3, 0.4) is 0 Å². The van der Waals surface area contributed by atoms with E-state index < -0.39 is 11.8 Å². The zero-order valence-corrected chi connectivity index (χ0v) is 14.5. The molecule has 2 heterocycles. The molecule has 0 saturated heterocycles. The molecule has 1 aromatic carbocycles. The first kappa shape index (κ1) is 17.0. The van der Waals surface area contributed by atoms with Crippen molar-refractivity contribution in [3.63, 3.8) is 0 Å². The summed E-state index contributed by atoms with van der Waals surface area (Å²) >= 11 is 11.7. The number of fused-ring (bicyclic) bond motifs is 1. The van der Waals surface area contributed by atoms with Gasteiger partial charge in [-0.3, -0.25) is 0 Å². The summed E-state index contributed by atoms with van der Waals surface area (Å²) in [5.74, 6) is -0.963. The minimum Gasteiger partial charge on any atom is -0.461 e. The summed E-state index contributed by atoms with van der Waals surface area (Å²) < 4.78 is 18.8. The van der Waals surface area contributed by atoms with Crippen LogP contribution in [-0.4, -0.2) is 24.1 Å². The number of aromatic nitrogens is 1. The lowest BCUT2D eigenvalue weighted by Gasteiger charge is -2.31. The zero-order chi connectivity index (χ0) is 17.3. The lowest BCUT2D eigenvalue weighted by Crippen LogP contribution is -2.31. The Morgan fingerprint density at radius 2 is 2.12 bits per heavy atom. The average Bonchev–Trinajstić information content (AvgIpc) is 2.58. The third-order valence-electron chi connectivity index (χ3n) is 3.91. The second-order valence-corrected chi connectivity index (χ2v) is 6.24. The van der Waals surface area contributed by atoms with Gasteiger partial charge in [0.1, 0.15) is 11.5 Å². The van der Waals surface area contributed by atoms with Crippen molar-refractivity contribution in [1.82, 2.24) is 4.98 Å². The number of carbonyl (C=O) groups is 1. The second kappa shape index (κ2) is 6.95. The summed E-state index contributed by atoms with van der Waals surface area (Å²) in [7, 11) is 0. The number of benzene rings is 1. The molecule has 1 aliphatic rings. The van der Waals surface area contributed by atoms with Crippen LogP contribution in [0.5, 0.6) is 0 Å². The topological polar surface area (TPSA) is 42.4 Å². The fourth-order valence-electron chi connectivity index (χ4n) is 2.70. The molecule has 1 aromatic heterocycles. The van der Waals surface area contributed by atoms with E-state index >= 15 is 0 Å². The first-order valence-corrected chi connectivity index (χ1v) is 8.29. The molecule has 0 fully saturated rings. The van der Waals surface area contributed by atoms with Gasteiger partial charge in [-0.2, -0.15) is 0 Å². The Morgan fingerprint density at radius 3 is 2.83 bits per heavy atom. The smallest absolute Gasteiger partial charge is 0.356 e. The minimum absolute atomic E-state index is 0.0708. The molecule has 2 aromatic rings. The number of anilines is 1. The normalized spacial score (nSPS) is 13.6. The van der Waals surface area contributed by atoms with Crippen LogP contribution in [0.2, 0.25) is 10.0 Å². The van der Waals surface area contributed by atoms with Crippen molar-refractivity contribution >= 4 is 34.9 Å². The van der Waals surface area contributed by atoms with E-state index in [4.69, 9.17) is 27.9 Å². The molecule has 0 bridgehead atoms. The highest BCUT2D eigenvalue weighted by Gasteiger charge is 2.21. The van der Waals surface area contributed by atoms with Crippen LogP contribution in [0.4, 0.5) is 10.1 Å². The molecule has 24 heavy (non-hydrogen) atoms. The number of esters is 1. The van der Waals surface area contributed by atoms with Crippen molar-refractivity contribution < 1.29 is 13.9 Å². The molecule has 3 rings (SSSR count). The molecule has 0 unspecified atom stereocenters. The molecule has 0 spiro atoms. The van der Waals surface area contributed by atoms with Gasteiger partial charge in [-0.15, -0.1) is 0 Å². The van der Waals surface area contributed by atoms with Crippen LogP contribution in [0, 0.1) is 5.82 Å². The van der Waals surface area contributed by atoms with Crippen LogP contribution in [-0.2, 0) is 17.7 Å². The lowest BCUT2D eigenvalue weighted by molar-refractivity contribution is 0.0519. The van der Waals surface area contributed by atoms with Crippen molar-refractivity contribution in [2.45, 2.75) is 19.9 Å². The maximum atomic E-state index is 13.8.